The predicted octanol–water partition coefficient (Wildman–Crippen LogP) is 0.458. The van der Waals surface area contributed by atoms with Gasteiger partial charge in [-0.1, -0.05) is 18.5 Å². The highest BCUT2D eigenvalue weighted by Gasteiger charge is 2.67. The van der Waals surface area contributed by atoms with Gasteiger partial charge in [0.15, 0.2) is 40.4 Å². The Morgan fingerprint density at radius 3 is 2.14 bits per heavy atom. The van der Waals surface area contributed by atoms with E-state index in [0.29, 0.717) is 0 Å². The van der Waals surface area contributed by atoms with Crippen LogP contribution < -0.4 is 16.4 Å². The number of ketones is 4. The second-order valence-electron chi connectivity index (χ2n) is 9.79. The Balaban J connectivity index is 1.94. The van der Waals surface area contributed by atoms with Gasteiger partial charge in [0, 0.05) is 26.2 Å². The number of carbonyl (C=O) groups is 7. The number of benzene rings is 1. The third-order valence-corrected chi connectivity index (χ3v) is 7.98. The Labute approximate surface area is 214 Å². The minimum absolute atomic E-state index is 0.0529. The number of phenols is 1. The van der Waals surface area contributed by atoms with Crippen molar-refractivity contribution in [1.82, 2.24) is 0 Å². The second kappa shape index (κ2) is 8.73. The molecule has 37 heavy (non-hydrogen) atoms. The van der Waals surface area contributed by atoms with Gasteiger partial charge in [0.1, 0.15) is 5.69 Å². The first kappa shape index (κ1) is 26.4. The summed E-state index contributed by atoms with van der Waals surface area (Å²) in [6.45, 7) is 3.92. The van der Waals surface area contributed by atoms with Crippen molar-refractivity contribution in [1.29, 1.82) is 0 Å². The number of halogens is 1. The van der Waals surface area contributed by atoms with Crippen LogP contribution in [0.2, 0.25) is 5.02 Å². The normalized spacial score (nSPS) is 30.7. The van der Waals surface area contributed by atoms with Crippen molar-refractivity contribution < 1.29 is 43.8 Å². The fourth-order valence-electron chi connectivity index (χ4n) is 6.03. The number of nitrogens with two attached hydrogens (primary N) is 1. The topological polar surface area (TPSA) is 210 Å². The maximum absolute atomic E-state index is 13.8. The molecule has 1 aromatic carbocycles. The number of primary amides is 1. The molecule has 2 fully saturated rings. The zero-order valence-electron chi connectivity index (χ0n) is 20.0. The summed E-state index contributed by atoms with van der Waals surface area (Å²) in [5, 5.41) is 26.9. The molecule has 12 nitrogen and oxygen atoms in total. The van der Waals surface area contributed by atoms with Crippen LogP contribution in [0.5, 0.6) is 5.75 Å². The van der Waals surface area contributed by atoms with Crippen molar-refractivity contribution in [3.05, 3.63) is 16.1 Å². The predicted molar refractivity (Wildman–Crippen MR) is 127 cm³/mol. The number of fused-ring (bicyclic) bond motifs is 3. The number of amides is 3. The van der Waals surface area contributed by atoms with E-state index in [1.807, 2.05) is 0 Å². The molecule has 0 radical (unpaired) electrons. The van der Waals surface area contributed by atoms with Gasteiger partial charge < -0.3 is 26.6 Å². The lowest BCUT2D eigenvalue weighted by atomic mass is 9.52. The van der Waals surface area contributed by atoms with Crippen molar-refractivity contribution in [2.45, 2.75) is 45.1 Å². The van der Waals surface area contributed by atoms with Crippen molar-refractivity contribution >= 4 is 63.8 Å². The van der Waals surface area contributed by atoms with Crippen LogP contribution in [0.1, 0.15) is 55.5 Å². The molecule has 0 heterocycles. The number of phenolic OH excluding ortho intramolecular Hbond substituents is 1. The lowest BCUT2D eigenvalue weighted by Crippen LogP contribution is -2.68. The van der Waals surface area contributed by atoms with Gasteiger partial charge in [-0.15, -0.1) is 0 Å². The van der Waals surface area contributed by atoms with Crippen LogP contribution >= 0.6 is 11.6 Å². The van der Waals surface area contributed by atoms with Crippen molar-refractivity contribution in [3.63, 3.8) is 0 Å². The van der Waals surface area contributed by atoms with Crippen LogP contribution in [-0.2, 0) is 28.8 Å². The van der Waals surface area contributed by atoms with Gasteiger partial charge in [-0.25, -0.2) is 0 Å². The number of aliphatic hydroxyl groups is 1. The second-order valence-corrected chi connectivity index (χ2v) is 10.2. The average Bonchev–Trinajstić information content (AvgIpc) is 2.78. The van der Waals surface area contributed by atoms with E-state index < -0.39 is 93.8 Å². The molecule has 13 heteroatoms. The van der Waals surface area contributed by atoms with Gasteiger partial charge in [0.2, 0.25) is 17.7 Å². The highest BCUT2D eigenvalue weighted by atomic mass is 35.5. The number of nitrogens with one attached hydrogen (secondary N) is 2. The first-order valence-corrected chi connectivity index (χ1v) is 11.8. The molecule has 3 aliphatic carbocycles. The van der Waals surface area contributed by atoms with Crippen molar-refractivity contribution in [2.75, 3.05) is 10.6 Å². The van der Waals surface area contributed by atoms with E-state index in [2.05, 4.69) is 10.6 Å². The monoisotopic (exact) mass is 533 g/mol. The van der Waals surface area contributed by atoms with Gasteiger partial charge in [-0.2, -0.15) is 0 Å². The summed E-state index contributed by atoms with van der Waals surface area (Å²) in [5.41, 5.74) is 1.66. The summed E-state index contributed by atoms with van der Waals surface area (Å²) in [6.07, 6.45) is -0.613. The lowest BCUT2D eigenvalue weighted by molar-refractivity contribution is -0.176. The van der Waals surface area contributed by atoms with Crippen molar-refractivity contribution in [3.8, 4) is 5.75 Å². The van der Waals surface area contributed by atoms with Crippen molar-refractivity contribution in [2.24, 2.45) is 29.4 Å². The average molecular weight is 534 g/mol. The summed E-state index contributed by atoms with van der Waals surface area (Å²) in [4.78, 5) is 88.5. The number of anilines is 2. The molecule has 2 saturated carbocycles. The number of hydrogen-bond acceptors (Lipinski definition) is 9. The molecule has 0 aromatic heterocycles. The molecular weight excluding hydrogens is 510 g/mol. The minimum Gasteiger partial charge on any atom is -0.505 e. The smallest absolute Gasteiger partial charge is 0.235 e. The number of aromatic hydroxyl groups is 1. The molecule has 3 aliphatic rings. The molecule has 1 aromatic rings. The summed E-state index contributed by atoms with van der Waals surface area (Å²) >= 11 is 6.43. The number of Topliss-reactive ketones (excluding diaryl/α,β-unsaturated/α-hetero) is 4. The number of hydrogen-bond donors (Lipinski definition) is 5. The molecule has 0 bridgehead atoms. The molecule has 6 atom stereocenters. The number of rotatable bonds is 3. The van der Waals surface area contributed by atoms with E-state index in [1.54, 1.807) is 6.92 Å². The largest absolute Gasteiger partial charge is 0.505 e. The summed E-state index contributed by atoms with van der Waals surface area (Å²) in [6, 6.07) is 0. The summed E-state index contributed by atoms with van der Waals surface area (Å²) < 4.78 is 0. The molecule has 3 amide bonds. The Morgan fingerprint density at radius 1 is 1.03 bits per heavy atom. The maximum Gasteiger partial charge on any atom is 0.235 e. The fourth-order valence-corrected chi connectivity index (χ4v) is 6.32. The van der Waals surface area contributed by atoms with E-state index in [0.717, 1.165) is 6.92 Å². The lowest BCUT2D eigenvalue weighted by Gasteiger charge is -2.50. The Bertz CT molecular complexity index is 1340. The third-order valence-electron chi connectivity index (χ3n) is 7.61. The van der Waals surface area contributed by atoms with Gasteiger partial charge in [-0.3, -0.25) is 33.6 Å². The van der Waals surface area contributed by atoms with Gasteiger partial charge in [-0.05, 0) is 23.8 Å². The molecule has 0 aliphatic heterocycles. The zero-order chi connectivity index (χ0) is 27.7. The Kier molecular flexibility index (Phi) is 6.24. The zero-order valence-corrected chi connectivity index (χ0v) is 20.8. The molecule has 0 spiro atoms. The number of carbonyl (C=O) groups excluding carboxylic acids is 7. The van der Waals surface area contributed by atoms with E-state index in [-0.39, 0.29) is 28.4 Å². The molecular formula is C24H24ClN3O9. The van der Waals surface area contributed by atoms with E-state index in [1.165, 1.54) is 6.92 Å². The van der Waals surface area contributed by atoms with Crippen LogP contribution in [0.3, 0.4) is 0 Å². The van der Waals surface area contributed by atoms with E-state index >= 15 is 0 Å². The van der Waals surface area contributed by atoms with Gasteiger partial charge in [0.05, 0.1) is 22.2 Å². The first-order valence-electron chi connectivity index (χ1n) is 11.4. The summed E-state index contributed by atoms with van der Waals surface area (Å²) in [7, 11) is 0. The maximum atomic E-state index is 13.8. The first-order chi connectivity index (χ1) is 17.1. The van der Waals surface area contributed by atoms with Crippen LogP contribution in [0.4, 0.5) is 11.4 Å². The summed E-state index contributed by atoms with van der Waals surface area (Å²) in [5.74, 6) is -14.1. The van der Waals surface area contributed by atoms with Crippen LogP contribution in [0.25, 0.3) is 0 Å². The molecule has 4 rings (SSSR count). The van der Waals surface area contributed by atoms with E-state index in [9.17, 15) is 43.8 Å². The minimum atomic E-state index is -2.80. The highest BCUT2D eigenvalue weighted by molar-refractivity contribution is 6.39. The van der Waals surface area contributed by atoms with Crippen LogP contribution in [0.15, 0.2) is 0 Å². The molecule has 196 valence electrons. The van der Waals surface area contributed by atoms with Gasteiger partial charge in [0.25, 0.3) is 0 Å². The van der Waals surface area contributed by atoms with Gasteiger partial charge >= 0.3 is 0 Å². The quantitative estimate of drug-likeness (QED) is 0.207. The molecule has 2 unspecified atom stereocenters. The van der Waals surface area contributed by atoms with Crippen LogP contribution in [-0.4, -0.2) is 56.7 Å². The van der Waals surface area contributed by atoms with Crippen LogP contribution in [0, 0.1) is 23.7 Å². The third kappa shape index (κ3) is 3.65. The highest BCUT2D eigenvalue weighted by Crippen LogP contribution is 2.57. The van der Waals surface area contributed by atoms with E-state index in [4.69, 9.17) is 17.3 Å². The Hall–Kier alpha value is -3.64. The SMILES string of the molecule is CC(=O)Nc1c(O)c2c(c(NC(C)=O)c1Cl)[C@H](C)[C@H]1C[C@H]3CC(=O)C(C(N)=O)C(=O)[C@@]3(O)C(=O)C1C2=O. The standard InChI is InChI=1S/C24H24ClN3O9/c1-6-10-4-9-5-11(31)14(23(26)36)22(35)24(9,37)21(34)13(10)19(32)15-12(6)17(27-7(2)29)16(25)18(20(15)33)28-8(3)30/h6,9-10,13-14,33,37H,4-5H2,1-3H3,(H2,26,36)(H,27,29)(H,28,30)/t6-,9+,10-,13?,14?,24+/m1/s1. The Morgan fingerprint density at radius 2 is 1.59 bits per heavy atom. The molecule has 0 saturated heterocycles. The molecule has 6 N–H and O–H groups in total. The fraction of sp³-hybridized carbons (Fsp3) is 0.458.